The van der Waals surface area contributed by atoms with Gasteiger partial charge in [0, 0.05) is 29.6 Å². The van der Waals surface area contributed by atoms with E-state index in [1.54, 1.807) is 0 Å². The Morgan fingerprint density at radius 2 is 2.06 bits per heavy atom. The highest BCUT2D eigenvalue weighted by molar-refractivity contribution is 8.00. The molecule has 2 aliphatic rings. The molecule has 2 saturated heterocycles. The second kappa shape index (κ2) is 5.10. The van der Waals surface area contributed by atoms with E-state index in [-0.39, 0.29) is 0 Å². The lowest BCUT2D eigenvalue weighted by Crippen LogP contribution is -2.54. The fraction of sp³-hybridized carbons (Fsp3) is 1.00. The average molecular weight is 256 g/mol. The molecule has 0 saturated carbocycles. The molecule has 2 nitrogen and oxygen atoms in total. The predicted octanol–water partition coefficient (Wildman–Crippen LogP) is 2.72. The third kappa shape index (κ3) is 2.39. The van der Waals surface area contributed by atoms with Gasteiger partial charge in [-0.2, -0.15) is 11.8 Å². The molecule has 0 amide bonds. The van der Waals surface area contributed by atoms with Crippen LogP contribution in [0.2, 0.25) is 0 Å². The quantitative estimate of drug-likeness (QED) is 0.838. The monoisotopic (exact) mass is 256 g/mol. The van der Waals surface area contributed by atoms with E-state index in [2.05, 4.69) is 37.4 Å². The Kier molecular flexibility index (Phi) is 4.11. The summed E-state index contributed by atoms with van der Waals surface area (Å²) < 4.78 is 0. The van der Waals surface area contributed by atoms with E-state index in [0.29, 0.717) is 11.0 Å². The van der Waals surface area contributed by atoms with Crippen molar-refractivity contribution in [3.63, 3.8) is 0 Å². The number of thioether (sulfide) groups is 1. The highest BCUT2D eigenvalue weighted by atomic mass is 32.2. The molecule has 2 atom stereocenters. The predicted molar refractivity (Wildman–Crippen MR) is 77.5 cm³/mol. The van der Waals surface area contributed by atoms with Gasteiger partial charge in [0.1, 0.15) is 0 Å². The van der Waals surface area contributed by atoms with E-state index < -0.39 is 0 Å². The van der Waals surface area contributed by atoms with Gasteiger partial charge in [-0.05, 0) is 37.6 Å². The summed E-state index contributed by atoms with van der Waals surface area (Å²) in [6.45, 7) is 10.5. The molecular formula is C14H28N2S. The van der Waals surface area contributed by atoms with Gasteiger partial charge in [0.2, 0.25) is 0 Å². The molecule has 0 aromatic heterocycles. The van der Waals surface area contributed by atoms with Crippen LogP contribution in [0.15, 0.2) is 0 Å². The topological polar surface area (TPSA) is 29.3 Å². The molecule has 0 radical (unpaired) electrons. The maximum Gasteiger partial charge on any atom is 0.0432 e. The van der Waals surface area contributed by atoms with Crippen molar-refractivity contribution in [3.05, 3.63) is 0 Å². The summed E-state index contributed by atoms with van der Waals surface area (Å²) in [5, 5.41) is 0.789. The summed E-state index contributed by atoms with van der Waals surface area (Å²) in [7, 11) is 0. The molecule has 2 rings (SSSR count). The Morgan fingerprint density at radius 1 is 1.35 bits per heavy atom. The van der Waals surface area contributed by atoms with Crippen LogP contribution in [0, 0.1) is 5.41 Å². The van der Waals surface area contributed by atoms with Crippen molar-refractivity contribution in [1.82, 2.24) is 4.90 Å². The zero-order chi connectivity index (χ0) is 12.5. The van der Waals surface area contributed by atoms with Crippen molar-refractivity contribution < 1.29 is 0 Å². The number of rotatable bonds is 4. The molecular weight excluding hydrogens is 228 g/mol. The van der Waals surface area contributed by atoms with Crippen LogP contribution in [0.4, 0.5) is 0 Å². The smallest absolute Gasteiger partial charge is 0.0432 e. The molecule has 0 spiro atoms. The standard InChI is InChI=1S/C14H28N2S/c1-4-13(5-2)6-7-16(10-13)14(9-15)8-12(3)17-11-14/h12H,4-11,15H2,1-3H3. The van der Waals surface area contributed by atoms with Crippen LogP contribution in [-0.2, 0) is 0 Å². The van der Waals surface area contributed by atoms with Gasteiger partial charge >= 0.3 is 0 Å². The first kappa shape index (κ1) is 13.7. The molecule has 0 aromatic rings. The zero-order valence-electron chi connectivity index (χ0n) is 11.7. The second-order valence-electron chi connectivity index (χ2n) is 6.13. The van der Waals surface area contributed by atoms with E-state index in [9.17, 15) is 0 Å². The molecule has 2 unspecified atom stereocenters. The summed E-state index contributed by atoms with van der Waals surface area (Å²) in [5.74, 6) is 1.24. The Labute approximate surface area is 111 Å². The van der Waals surface area contributed by atoms with Gasteiger partial charge in [-0.1, -0.05) is 20.8 Å². The first-order chi connectivity index (χ1) is 8.10. The first-order valence-electron chi connectivity index (χ1n) is 7.16. The minimum atomic E-state index is 0.316. The van der Waals surface area contributed by atoms with Crippen LogP contribution < -0.4 is 5.73 Å². The Morgan fingerprint density at radius 3 is 2.47 bits per heavy atom. The van der Waals surface area contributed by atoms with Gasteiger partial charge in [-0.15, -0.1) is 0 Å². The fourth-order valence-electron chi connectivity index (χ4n) is 3.61. The maximum absolute atomic E-state index is 6.13. The Hall–Kier alpha value is 0.270. The Bertz CT molecular complexity index is 265. The molecule has 100 valence electrons. The number of nitrogens with two attached hydrogens (primary N) is 1. The molecule has 0 aromatic carbocycles. The van der Waals surface area contributed by atoms with Crippen molar-refractivity contribution in [2.75, 3.05) is 25.4 Å². The van der Waals surface area contributed by atoms with Gasteiger partial charge in [0.05, 0.1) is 0 Å². The van der Waals surface area contributed by atoms with Gasteiger partial charge < -0.3 is 5.73 Å². The van der Waals surface area contributed by atoms with Gasteiger partial charge in [0.15, 0.2) is 0 Å². The normalized spacial score (nSPS) is 37.8. The lowest BCUT2D eigenvalue weighted by molar-refractivity contribution is 0.121. The van der Waals surface area contributed by atoms with Crippen molar-refractivity contribution in [1.29, 1.82) is 0 Å². The van der Waals surface area contributed by atoms with E-state index in [0.717, 1.165) is 11.8 Å². The molecule has 2 heterocycles. The summed E-state index contributed by atoms with van der Waals surface area (Å²) in [4.78, 5) is 2.73. The van der Waals surface area contributed by atoms with Crippen LogP contribution in [0.1, 0.15) is 46.5 Å². The van der Waals surface area contributed by atoms with Gasteiger partial charge in [-0.3, -0.25) is 4.90 Å². The molecule has 2 aliphatic heterocycles. The minimum absolute atomic E-state index is 0.316. The fourth-order valence-corrected chi connectivity index (χ4v) is 5.05. The van der Waals surface area contributed by atoms with Gasteiger partial charge in [0.25, 0.3) is 0 Å². The van der Waals surface area contributed by atoms with Gasteiger partial charge in [-0.25, -0.2) is 0 Å². The van der Waals surface area contributed by atoms with E-state index in [1.807, 2.05) is 0 Å². The summed E-state index contributed by atoms with van der Waals surface area (Å²) in [5.41, 5.74) is 7.02. The van der Waals surface area contributed by atoms with E-state index >= 15 is 0 Å². The molecule has 2 N–H and O–H groups in total. The number of hydrogen-bond donors (Lipinski definition) is 1. The van der Waals surface area contributed by atoms with Crippen LogP contribution in [0.25, 0.3) is 0 Å². The average Bonchev–Trinajstić information content (AvgIpc) is 2.94. The van der Waals surface area contributed by atoms with Crippen molar-refractivity contribution in [3.8, 4) is 0 Å². The van der Waals surface area contributed by atoms with Crippen LogP contribution in [0.3, 0.4) is 0 Å². The van der Waals surface area contributed by atoms with Crippen LogP contribution in [-0.4, -0.2) is 41.1 Å². The summed E-state index contributed by atoms with van der Waals surface area (Å²) in [6, 6.07) is 0. The number of hydrogen-bond acceptors (Lipinski definition) is 3. The molecule has 0 bridgehead atoms. The SMILES string of the molecule is CCC1(CC)CCN(C2(CN)CSC(C)C2)C1. The van der Waals surface area contributed by atoms with Crippen molar-refractivity contribution in [2.45, 2.75) is 57.2 Å². The third-order valence-electron chi connectivity index (χ3n) is 5.29. The number of likely N-dealkylation sites (tertiary alicyclic amines) is 1. The number of nitrogens with zero attached hydrogens (tertiary/aromatic N) is 1. The molecule has 2 fully saturated rings. The molecule has 0 aliphatic carbocycles. The van der Waals surface area contributed by atoms with Crippen molar-refractivity contribution >= 4 is 11.8 Å². The summed E-state index contributed by atoms with van der Waals surface area (Å²) >= 11 is 2.11. The van der Waals surface area contributed by atoms with Crippen LogP contribution in [0.5, 0.6) is 0 Å². The molecule has 3 heteroatoms. The van der Waals surface area contributed by atoms with E-state index in [4.69, 9.17) is 5.73 Å². The highest BCUT2D eigenvalue weighted by Crippen LogP contribution is 2.45. The second-order valence-corrected chi connectivity index (χ2v) is 7.56. The minimum Gasteiger partial charge on any atom is -0.329 e. The summed E-state index contributed by atoms with van der Waals surface area (Å²) in [6.07, 6.45) is 5.31. The lowest BCUT2D eigenvalue weighted by atomic mass is 9.81. The zero-order valence-corrected chi connectivity index (χ0v) is 12.5. The first-order valence-corrected chi connectivity index (χ1v) is 8.21. The highest BCUT2D eigenvalue weighted by Gasteiger charge is 2.47. The van der Waals surface area contributed by atoms with Crippen molar-refractivity contribution in [2.24, 2.45) is 11.1 Å². The van der Waals surface area contributed by atoms with Crippen LogP contribution >= 0.6 is 11.8 Å². The largest absolute Gasteiger partial charge is 0.329 e. The molecule has 17 heavy (non-hydrogen) atoms. The lowest BCUT2D eigenvalue weighted by Gasteiger charge is -2.39. The third-order valence-corrected chi connectivity index (χ3v) is 6.73. The maximum atomic E-state index is 6.13. The van der Waals surface area contributed by atoms with E-state index in [1.165, 1.54) is 44.5 Å². The Balaban J connectivity index is 2.08.